The first kappa shape index (κ1) is 12.8. The van der Waals surface area contributed by atoms with Crippen LogP contribution in [-0.2, 0) is 0 Å². The van der Waals surface area contributed by atoms with E-state index in [0.29, 0.717) is 6.61 Å². The number of benzene rings is 2. The van der Waals surface area contributed by atoms with Crippen LogP contribution in [0.2, 0.25) is 5.02 Å². The zero-order valence-electron chi connectivity index (χ0n) is 10.1. The summed E-state index contributed by atoms with van der Waals surface area (Å²) in [6.45, 7) is 1.57. The van der Waals surface area contributed by atoms with Crippen LogP contribution in [-0.4, -0.2) is 13.2 Å². The average molecular weight is 262 g/mol. The predicted octanol–water partition coefficient (Wildman–Crippen LogP) is 4.22. The van der Waals surface area contributed by atoms with Crippen molar-refractivity contribution in [1.82, 2.24) is 0 Å². The van der Waals surface area contributed by atoms with Crippen molar-refractivity contribution in [3.05, 3.63) is 59.6 Å². The molecule has 0 aliphatic rings. The Morgan fingerprint density at radius 3 is 2.61 bits per heavy atom. The Morgan fingerprint density at radius 1 is 1.00 bits per heavy atom. The number of hydrogen-bond donors (Lipinski definition) is 1. The van der Waals surface area contributed by atoms with Crippen molar-refractivity contribution in [1.29, 1.82) is 0 Å². The normalized spacial score (nSPS) is 10.1. The van der Waals surface area contributed by atoms with Gasteiger partial charge in [-0.05, 0) is 36.8 Å². The molecule has 0 radical (unpaired) electrons. The molecule has 0 amide bonds. The smallest absolute Gasteiger partial charge is 0.119 e. The molecule has 0 aromatic heterocycles. The fraction of sp³-hybridized carbons (Fsp3) is 0.200. The number of hydrogen-bond acceptors (Lipinski definition) is 2. The highest BCUT2D eigenvalue weighted by Gasteiger charge is 1.94. The maximum atomic E-state index is 5.90. The summed E-state index contributed by atoms with van der Waals surface area (Å²) in [7, 11) is 0. The van der Waals surface area contributed by atoms with Crippen LogP contribution in [0.4, 0.5) is 5.69 Å². The lowest BCUT2D eigenvalue weighted by molar-refractivity contribution is 0.315. The van der Waals surface area contributed by atoms with E-state index in [9.17, 15) is 0 Å². The molecule has 0 atom stereocenters. The zero-order chi connectivity index (χ0) is 12.6. The summed E-state index contributed by atoms with van der Waals surface area (Å²) < 4.78 is 5.60. The Labute approximate surface area is 113 Å². The quantitative estimate of drug-likeness (QED) is 0.786. The van der Waals surface area contributed by atoms with Crippen LogP contribution in [0.15, 0.2) is 54.6 Å². The molecule has 2 rings (SSSR count). The van der Waals surface area contributed by atoms with Crippen molar-refractivity contribution in [3.8, 4) is 5.75 Å². The first-order valence-electron chi connectivity index (χ1n) is 6.02. The summed E-state index contributed by atoms with van der Waals surface area (Å²) in [5, 5.41) is 4.06. The number of rotatable bonds is 6. The van der Waals surface area contributed by atoms with Gasteiger partial charge in [0.25, 0.3) is 0 Å². The summed E-state index contributed by atoms with van der Waals surface area (Å²) >= 11 is 5.90. The van der Waals surface area contributed by atoms with Crippen LogP contribution in [0.1, 0.15) is 6.42 Å². The third-order valence-corrected chi connectivity index (χ3v) is 2.72. The summed E-state index contributed by atoms with van der Waals surface area (Å²) in [6.07, 6.45) is 0.946. The zero-order valence-corrected chi connectivity index (χ0v) is 10.9. The molecule has 0 fully saturated rings. The largest absolute Gasteiger partial charge is 0.494 e. The highest BCUT2D eigenvalue weighted by molar-refractivity contribution is 6.30. The van der Waals surface area contributed by atoms with Gasteiger partial charge in [-0.2, -0.15) is 0 Å². The molecular weight excluding hydrogens is 246 g/mol. The van der Waals surface area contributed by atoms with E-state index in [1.165, 1.54) is 0 Å². The van der Waals surface area contributed by atoms with E-state index >= 15 is 0 Å². The standard InChI is InChI=1S/C15H16ClNO/c16-13-6-4-7-14(12-13)17-10-5-11-18-15-8-2-1-3-9-15/h1-4,6-9,12,17H,5,10-11H2. The fourth-order valence-electron chi connectivity index (χ4n) is 1.61. The van der Waals surface area contributed by atoms with Gasteiger partial charge in [0.1, 0.15) is 5.75 Å². The van der Waals surface area contributed by atoms with E-state index < -0.39 is 0 Å². The monoisotopic (exact) mass is 261 g/mol. The lowest BCUT2D eigenvalue weighted by Gasteiger charge is -2.08. The van der Waals surface area contributed by atoms with Gasteiger partial charge >= 0.3 is 0 Å². The van der Waals surface area contributed by atoms with E-state index in [-0.39, 0.29) is 0 Å². The minimum atomic E-state index is 0.706. The molecule has 0 bridgehead atoms. The summed E-state index contributed by atoms with van der Waals surface area (Å²) in [5.41, 5.74) is 1.04. The molecule has 0 saturated heterocycles. The highest BCUT2D eigenvalue weighted by Crippen LogP contribution is 2.14. The van der Waals surface area contributed by atoms with Crippen LogP contribution in [0.5, 0.6) is 5.75 Å². The first-order chi connectivity index (χ1) is 8.84. The number of nitrogens with one attached hydrogen (secondary N) is 1. The van der Waals surface area contributed by atoms with Crippen molar-refractivity contribution < 1.29 is 4.74 Å². The van der Waals surface area contributed by atoms with E-state index in [1.807, 2.05) is 54.6 Å². The molecule has 94 valence electrons. The van der Waals surface area contributed by atoms with Crippen molar-refractivity contribution in [2.45, 2.75) is 6.42 Å². The summed E-state index contributed by atoms with van der Waals surface area (Å²) in [6, 6.07) is 17.6. The van der Waals surface area contributed by atoms with Gasteiger partial charge in [-0.25, -0.2) is 0 Å². The molecule has 2 aromatic carbocycles. The summed E-state index contributed by atoms with van der Waals surface area (Å²) in [4.78, 5) is 0. The molecule has 0 heterocycles. The van der Waals surface area contributed by atoms with Crippen LogP contribution in [0.3, 0.4) is 0 Å². The van der Waals surface area contributed by atoms with E-state index in [0.717, 1.165) is 29.4 Å². The molecule has 0 aliphatic carbocycles. The molecule has 0 spiro atoms. The molecule has 0 saturated carbocycles. The molecule has 2 aromatic rings. The second-order valence-electron chi connectivity index (χ2n) is 3.95. The Balaban J connectivity index is 1.65. The van der Waals surface area contributed by atoms with Crippen LogP contribution in [0, 0.1) is 0 Å². The van der Waals surface area contributed by atoms with Crippen molar-refractivity contribution in [3.63, 3.8) is 0 Å². The maximum Gasteiger partial charge on any atom is 0.119 e. The van der Waals surface area contributed by atoms with E-state index in [2.05, 4.69) is 5.32 Å². The summed E-state index contributed by atoms with van der Waals surface area (Å²) in [5.74, 6) is 0.917. The minimum Gasteiger partial charge on any atom is -0.494 e. The molecule has 0 unspecified atom stereocenters. The fourth-order valence-corrected chi connectivity index (χ4v) is 1.80. The van der Waals surface area contributed by atoms with E-state index in [1.54, 1.807) is 0 Å². The molecule has 2 nitrogen and oxygen atoms in total. The third kappa shape index (κ3) is 4.30. The van der Waals surface area contributed by atoms with Crippen LogP contribution < -0.4 is 10.1 Å². The van der Waals surface area contributed by atoms with Gasteiger partial charge in [-0.15, -0.1) is 0 Å². The molecule has 1 N–H and O–H groups in total. The second kappa shape index (κ2) is 6.92. The van der Waals surface area contributed by atoms with Crippen molar-refractivity contribution in [2.24, 2.45) is 0 Å². The molecule has 3 heteroatoms. The Bertz CT molecular complexity index is 473. The van der Waals surface area contributed by atoms with Gasteiger partial charge in [-0.3, -0.25) is 0 Å². The lowest BCUT2D eigenvalue weighted by atomic mass is 10.3. The number of para-hydroxylation sites is 1. The van der Waals surface area contributed by atoms with Gasteiger partial charge in [0.05, 0.1) is 6.61 Å². The van der Waals surface area contributed by atoms with Gasteiger partial charge in [0.2, 0.25) is 0 Å². The lowest BCUT2D eigenvalue weighted by Crippen LogP contribution is -2.07. The molecular formula is C15H16ClNO. The number of halogens is 1. The molecule has 0 aliphatic heterocycles. The molecule has 18 heavy (non-hydrogen) atoms. The minimum absolute atomic E-state index is 0.706. The van der Waals surface area contributed by atoms with Gasteiger partial charge in [0, 0.05) is 17.3 Å². The first-order valence-corrected chi connectivity index (χ1v) is 6.40. The van der Waals surface area contributed by atoms with E-state index in [4.69, 9.17) is 16.3 Å². The van der Waals surface area contributed by atoms with Gasteiger partial charge < -0.3 is 10.1 Å². The Hall–Kier alpha value is -1.67. The van der Waals surface area contributed by atoms with Crippen molar-refractivity contribution >= 4 is 17.3 Å². The average Bonchev–Trinajstić information content (AvgIpc) is 2.40. The Morgan fingerprint density at radius 2 is 1.83 bits per heavy atom. The topological polar surface area (TPSA) is 21.3 Å². The second-order valence-corrected chi connectivity index (χ2v) is 4.39. The van der Waals surface area contributed by atoms with Crippen LogP contribution in [0.25, 0.3) is 0 Å². The SMILES string of the molecule is Clc1cccc(NCCCOc2ccccc2)c1. The van der Waals surface area contributed by atoms with Gasteiger partial charge in [0.15, 0.2) is 0 Å². The predicted molar refractivity (Wildman–Crippen MR) is 76.5 cm³/mol. The van der Waals surface area contributed by atoms with Crippen molar-refractivity contribution in [2.75, 3.05) is 18.5 Å². The highest BCUT2D eigenvalue weighted by atomic mass is 35.5. The Kier molecular flexibility index (Phi) is 4.91. The number of ether oxygens (including phenoxy) is 1. The maximum absolute atomic E-state index is 5.90. The third-order valence-electron chi connectivity index (χ3n) is 2.49. The van der Waals surface area contributed by atoms with Gasteiger partial charge in [-0.1, -0.05) is 35.9 Å². The number of anilines is 1. The van der Waals surface area contributed by atoms with Crippen LogP contribution >= 0.6 is 11.6 Å².